The fourth-order valence-corrected chi connectivity index (χ4v) is 1.87. The minimum absolute atomic E-state index is 0.0591. The predicted octanol–water partition coefficient (Wildman–Crippen LogP) is 2.09. The highest BCUT2D eigenvalue weighted by Crippen LogP contribution is 2.21. The van der Waals surface area contributed by atoms with Gasteiger partial charge in [0.05, 0.1) is 19.3 Å². The molecule has 2 rings (SSSR count). The Morgan fingerprint density at radius 1 is 1.47 bits per heavy atom. The van der Waals surface area contributed by atoms with Crippen LogP contribution in [-0.2, 0) is 6.54 Å². The maximum Gasteiger partial charge on any atom is 0.354 e. The number of hydrogen-bond acceptors (Lipinski definition) is 3. The first-order chi connectivity index (χ1) is 9.01. The summed E-state index contributed by atoms with van der Waals surface area (Å²) in [4.78, 5) is 11.1. The van der Waals surface area contributed by atoms with Crippen LogP contribution in [0.4, 0.5) is 4.39 Å². The van der Waals surface area contributed by atoms with Gasteiger partial charge in [-0.15, -0.1) is 0 Å². The first kappa shape index (κ1) is 13.1. The number of nitrogens with zero attached hydrogens (tertiary/aromatic N) is 2. The highest BCUT2D eigenvalue weighted by molar-refractivity contribution is 5.85. The van der Waals surface area contributed by atoms with Crippen LogP contribution < -0.4 is 4.74 Å². The van der Waals surface area contributed by atoms with Gasteiger partial charge < -0.3 is 9.84 Å². The summed E-state index contributed by atoms with van der Waals surface area (Å²) in [6, 6.07) is 5.56. The molecule has 5 nitrogen and oxygen atoms in total. The number of aryl methyl sites for hydroxylation is 1. The Morgan fingerprint density at radius 3 is 2.84 bits per heavy atom. The first-order valence-electron chi connectivity index (χ1n) is 5.61. The Hall–Kier alpha value is -2.37. The van der Waals surface area contributed by atoms with Gasteiger partial charge in [-0.05, 0) is 31.2 Å². The van der Waals surface area contributed by atoms with Crippen LogP contribution in [0.25, 0.3) is 0 Å². The van der Waals surface area contributed by atoms with E-state index in [1.165, 1.54) is 36.1 Å². The van der Waals surface area contributed by atoms with Gasteiger partial charge in [0.2, 0.25) is 0 Å². The number of methoxy groups -OCH3 is 1. The van der Waals surface area contributed by atoms with Crippen LogP contribution >= 0.6 is 0 Å². The highest BCUT2D eigenvalue weighted by atomic mass is 19.1. The number of carboxylic acids is 1. The number of hydrogen-bond donors (Lipinski definition) is 1. The van der Waals surface area contributed by atoms with Crippen LogP contribution in [0.15, 0.2) is 24.3 Å². The van der Waals surface area contributed by atoms with Gasteiger partial charge >= 0.3 is 5.97 Å². The SMILES string of the molecule is COc1ccc(F)cc1Cn1nc(C)cc1C(=O)O. The lowest BCUT2D eigenvalue weighted by molar-refractivity contribution is 0.0684. The third kappa shape index (κ3) is 2.73. The quantitative estimate of drug-likeness (QED) is 0.918. The highest BCUT2D eigenvalue weighted by Gasteiger charge is 2.14. The Kier molecular flexibility index (Phi) is 3.50. The summed E-state index contributed by atoms with van der Waals surface area (Å²) >= 11 is 0. The van der Waals surface area contributed by atoms with Crippen molar-refractivity contribution in [3.8, 4) is 5.75 Å². The molecule has 1 aromatic heterocycles. The number of carboxylic acid groups (broad SMARTS) is 1. The van der Waals surface area contributed by atoms with Crippen molar-refractivity contribution in [1.29, 1.82) is 0 Å². The van der Waals surface area contributed by atoms with Crippen molar-refractivity contribution in [2.75, 3.05) is 7.11 Å². The van der Waals surface area contributed by atoms with E-state index in [1.54, 1.807) is 6.92 Å². The molecule has 0 spiro atoms. The van der Waals surface area contributed by atoms with E-state index >= 15 is 0 Å². The second-order valence-electron chi connectivity index (χ2n) is 4.09. The molecule has 2 aromatic rings. The van der Waals surface area contributed by atoms with Crippen molar-refractivity contribution in [2.24, 2.45) is 0 Å². The largest absolute Gasteiger partial charge is 0.496 e. The van der Waals surface area contributed by atoms with Crippen molar-refractivity contribution in [3.63, 3.8) is 0 Å². The van der Waals surface area contributed by atoms with E-state index in [1.807, 2.05) is 0 Å². The van der Waals surface area contributed by atoms with Gasteiger partial charge in [-0.3, -0.25) is 4.68 Å². The summed E-state index contributed by atoms with van der Waals surface area (Å²) in [5.74, 6) is -0.988. The second kappa shape index (κ2) is 5.09. The number of aromatic carboxylic acids is 1. The van der Waals surface area contributed by atoms with E-state index in [4.69, 9.17) is 9.84 Å². The molecule has 0 amide bonds. The molecule has 0 atom stereocenters. The molecular weight excluding hydrogens is 251 g/mol. The molecule has 1 N–H and O–H groups in total. The van der Waals surface area contributed by atoms with Crippen LogP contribution in [0.3, 0.4) is 0 Å². The molecule has 1 heterocycles. The second-order valence-corrected chi connectivity index (χ2v) is 4.09. The summed E-state index contributed by atoms with van der Waals surface area (Å²) < 4.78 is 19.7. The van der Waals surface area contributed by atoms with E-state index in [2.05, 4.69) is 5.10 Å². The molecule has 0 fully saturated rings. The monoisotopic (exact) mass is 264 g/mol. The van der Waals surface area contributed by atoms with Gasteiger partial charge in [0, 0.05) is 5.56 Å². The molecule has 0 aliphatic heterocycles. The number of benzene rings is 1. The number of aromatic nitrogens is 2. The van der Waals surface area contributed by atoms with Crippen LogP contribution in [0.5, 0.6) is 5.75 Å². The summed E-state index contributed by atoms with van der Waals surface area (Å²) in [5.41, 5.74) is 1.18. The van der Waals surface area contributed by atoms with Gasteiger partial charge in [0.15, 0.2) is 0 Å². The Labute approximate surface area is 109 Å². The fourth-order valence-electron chi connectivity index (χ4n) is 1.87. The number of halogens is 1. The standard InChI is InChI=1S/C13H13FN2O3/c1-8-5-11(13(17)18)16(15-8)7-9-6-10(14)3-4-12(9)19-2/h3-6H,7H2,1-2H3,(H,17,18). The summed E-state index contributed by atoms with van der Waals surface area (Å²) in [6.07, 6.45) is 0. The van der Waals surface area contributed by atoms with Crippen LogP contribution in [0.2, 0.25) is 0 Å². The molecule has 19 heavy (non-hydrogen) atoms. The summed E-state index contributed by atoms with van der Waals surface area (Å²) in [7, 11) is 1.48. The smallest absolute Gasteiger partial charge is 0.354 e. The minimum Gasteiger partial charge on any atom is -0.496 e. The predicted molar refractivity (Wildman–Crippen MR) is 66.0 cm³/mol. The molecule has 0 aliphatic rings. The Balaban J connectivity index is 2.41. The molecule has 0 unspecified atom stereocenters. The van der Waals surface area contributed by atoms with E-state index < -0.39 is 11.8 Å². The van der Waals surface area contributed by atoms with E-state index in [9.17, 15) is 9.18 Å². The van der Waals surface area contributed by atoms with Gasteiger partial charge in [-0.25, -0.2) is 9.18 Å². The lowest BCUT2D eigenvalue weighted by atomic mass is 10.2. The van der Waals surface area contributed by atoms with Crippen LogP contribution in [0.1, 0.15) is 21.7 Å². The molecule has 0 radical (unpaired) electrons. The van der Waals surface area contributed by atoms with Crippen molar-refractivity contribution in [3.05, 3.63) is 47.0 Å². The molecular formula is C13H13FN2O3. The lowest BCUT2D eigenvalue weighted by Crippen LogP contribution is -2.11. The van der Waals surface area contributed by atoms with Gasteiger partial charge in [0.25, 0.3) is 0 Å². The zero-order valence-corrected chi connectivity index (χ0v) is 10.6. The first-order valence-corrected chi connectivity index (χ1v) is 5.61. The number of carbonyl (C=O) groups is 1. The van der Waals surface area contributed by atoms with Crippen LogP contribution in [0, 0.1) is 12.7 Å². The maximum atomic E-state index is 13.2. The van der Waals surface area contributed by atoms with Crippen molar-refractivity contribution in [2.45, 2.75) is 13.5 Å². The van der Waals surface area contributed by atoms with Gasteiger partial charge in [-0.2, -0.15) is 5.10 Å². The number of rotatable bonds is 4. The summed E-state index contributed by atoms with van der Waals surface area (Å²) in [6.45, 7) is 1.84. The lowest BCUT2D eigenvalue weighted by Gasteiger charge is -2.09. The molecule has 0 aliphatic carbocycles. The molecule has 0 bridgehead atoms. The van der Waals surface area contributed by atoms with E-state index in [-0.39, 0.29) is 12.2 Å². The maximum absolute atomic E-state index is 13.2. The Bertz CT molecular complexity index is 622. The zero-order chi connectivity index (χ0) is 14.0. The summed E-state index contributed by atoms with van der Waals surface area (Å²) in [5, 5.41) is 13.2. The van der Waals surface area contributed by atoms with Gasteiger partial charge in [-0.1, -0.05) is 0 Å². The van der Waals surface area contributed by atoms with Crippen LogP contribution in [-0.4, -0.2) is 28.0 Å². The average molecular weight is 264 g/mol. The molecule has 0 saturated carbocycles. The van der Waals surface area contributed by atoms with Crippen molar-refractivity contribution >= 4 is 5.97 Å². The van der Waals surface area contributed by atoms with Crippen molar-refractivity contribution in [1.82, 2.24) is 9.78 Å². The third-order valence-electron chi connectivity index (χ3n) is 2.68. The topological polar surface area (TPSA) is 64.4 Å². The van der Waals surface area contributed by atoms with E-state index in [0.29, 0.717) is 17.0 Å². The fraction of sp³-hybridized carbons (Fsp3) is 0.231. The molecule has 0 saturated heterocycles. The third-order valence-corrected chi connectivity index (χ3v) is 2.68. The molecule has 6 heteroatoms. The van der Waals surface area contributed by atoms with Gasteiger partial charge in [0.1, 0.15) is 17.3 Å². The average Bonchev–Trinajstić information content (AvgIpc) is 2.71. The normalized spacial score (nSPS) is 10.5. The molecule has 100 valence electrons. The zero-order valence-electron chi connectivity index (χ0n) is 10.6. The van der Waals surface area contributed by atoms with Crippen molar-refractivity contribution < 1.29 is 19.0 Å². The Morgan fingerprint density at radius 2 is 2.21 bits per heavy atom. The molecule has 1 aromatic carbocycles. The minimum atomic E-state index is -1.07. The number of ether oxygens (including phenoxy) is 1. The van der Waals surface area contributed by atoms with E-state index in [0.717, 1.165) is 0 Å².